The molecule has 2 heteroatoms. The smallest absolute Gasteiger partial charge is 0.200 e. The molecule has 0 bridgehead atoms. The van der Waals surface area contributed by atoms with Crippen LogP contribution in [-0.2, 0) is 0 Å². The van der Waals surface area contributed by atoms with Crippen molar-refractivity contribution in [3.05, 3.63) is 64.2 Å². The van der Waals surface area contributed by atoms with Crippen LogP contribution in [0.4, 0.5) is 0 Å². The summed E-state index contributed by atoms with van der Waals surface area (Å²) in [5, 5.41) is 0. The molecule has 0 aliphatic heterocycles. The van der Waals surface area contributed by atoms with Gasteiger partial charge in [-0.3, -0.25) is 4.79 Å². The molecular formula is C18H20O2. The molecule has 0 aromatic heterocycles. The summed E-state index contributed by atoms with van der Waals surface area (Å²) < 4.78 is 5.70. The second kappa shape index (κ2) is 5.91. The Labute approximate surface area is 120 Å². The van der Waals surface area contributed by atoms with Gasteiger partial charge in [-0.2, -0.15) is 0 Å². The molecule has 2 rings (SSSR count). The SMILES string of the molecule is Cc1ccc(C(=O)COc2cc(C)cc(C)c2C)cc1. The Balaban J connectivity index is 2.09. The quantitative estimate of drug-likeness (QED) is 0.777. The van der Waals surface area contributed by atoms with Crippen molar-refractivity contribution < 1.29 is 9.53 Å². The second-order valence-corrected chi connectivity index (χ2v) is 5.28. The van der Waals surface area contributed by atoms with Crippen molar-refractivity contribution in [1.29, 1.82) is 0 Å². The van der Waals surface area contributed by atoms with Crippen molar-refractivity contribution in [3.8, 4) is 5.75 Å². The molecule has 2 aromatic rings. The third kappa shape index (κ3) is 3.27. The van der Waals surface area contributed by atoms with Crippen LogP contribution in [0.15, 0.2) is 36.4 Å². The Morgan fingerprint density at radius 3 is 2.25 bits per heavy atom. The molecule has 0 heterocycles. The van der Waals surface area contributed by atoms with Gasteiger partial charge in [0.15, 0.2) is 12.4 Å². The lowest BCUT2D eigenvalue weighted by Gasteiger charge is -2.12. The Kier molecular flexibility index (Phi) is 4.23. The molecule has 104 valence electrons. The largest absolute Gasteiger partial charge is 0.485 e. The molecular weight excluding hydrogens is 248 g/mol. The molecule has 0 saturated heterocycles. The van der Waals surface area contributed by atoms with Crippen molar-refractivity contribution in [1.82, 2.24) is 0 Å². The van der Waals surface area contributed by atoms with Crippen LogP contribution in [0.2, 0.25) is 0 Å². The van der Waals surface area contributed by atoms with Gasteiger partial charge in [-0.05, 0) is 50.5 Å². The van der Waals surface area contributed by atoms with Crippen molar-refractivity contribution in [2.45, 2.75) is 27.7 Å². The molecule has 0 spiro atoms. The molecule has 0 N–H and O–H groups in total. The zero-order valence-corrected chi connectivity index (χ0v) is 12.5. The van der Waals surface area contributed by atoms with Crippen LogP contribution in [0, 0.1) is 27.7 Å². The third-order valence-electron chi connectivity index (χ3n) is 3.50. The van der Waals surface area contributed by atoms with E-state index < -0.39 is 0 Å². The molecule has 0 unspecified atom stereocenters. The summed E-state index contributed by atoms with van der Waals surface area (Å²) in [6.45, 7) is 8.18. The van der Waals surface area contributed by atoms with Gasteiger partial charge in [0.05, 0.1) is 0 Å². The first-order chi connectivity index (χ1) is 9.47. The summed E-state index contributed by atoms with van der Waals surface area (Å²) in [6.07, 6.45) is 0. The highest BCUT2D eigenvalue weighted by atomic mass is 16.5. The van der Waals surface area contributed by atoms with E-state index in [0.29, 0.717) is 5.56 Å². The second-order valence-electron chi connectivity index (χ2n) is 5.28. The monoisotopic (exact) mass is 268 g/mol. The fourth-order valence-electron chi connectivity index (χ4n) is 2.12. The van der Waals surface area contributed by atoms with Gasteiger partial charge in [0.1, 0.15) is 5.75 Å². The summed E-state index contributed by atoms with van der Waals surface area (Å²) >= 11 is 0. The first kappa shape index (κ1) is 14.3. The van der Waals surface area contributed by atoms with E-state index >= 15 is 0 Å². The van der Waals surface area contributed by atoms with Crippen molar-refractivity contribution in [2.24, 2.45) is 0 Å². The molecule has 2 nitrogen and oxygen atoms in total. The molecule has 0 saturated carbocycles. The van der Waals surface area contributed by atoms with Crippen LogP contribution in [0.5, 0.6) is 5.75 Å². The number of hydrogen-bond acceptors (Lipinski definition) is 2. The number of carbonyl (C=O) groups is 1. The first-order valence-electron chi connectivity index (χ1n) is 6.78. The zero-order chi connectivity index (χ0) is 14.7. The van der Waals surface area contributed by atoms with Crippen LogP contribution >= 0.6 is 0 Å². The minimum atomic E-state index is 0.00330. The molecule has 0 aliphatic rings. The van der Waals surface area contributed by atoms with Gasteiger partial charge in [-0.1, -0.05) is 35.9 Å². The maximum atomic E-state index is 12.1. The zero-order valence-electron chi connectivity index (χ0n) is 12.5. The number of hydrogen-bond donors (Lipinski definition) is 0. The summed E-state index contributed by atoms with van der Waals surface area (Å²) in [7, 11) is 0. The number of ether oxygens (including phenoxy) is 1. The van der Waals surface area contributed by atoms with E-state index in [1.165, 1.54) is 5.56 Å². The van der Waals surface area contributed by atoms with E-state index in [4.69, 9.17) is 4.74 Å². The molecule has 0 radical (unpaired) electrons. The first-order valence-corrected chi connectivity index (χ1v) is 6.78. The summed E-state index contributed by atoms with van der Waals surface area (Å²) in [6, 6.07) is 11.7. The Bertz CT molecular complexity index is 625. The summed E-state index contributed by atoms with van der Waals surface area (Å²) in [5.41, 5.74) is 5.26. The highest BCUT2D eigenvalue weighted by Crippen LogP contribution is 2.23. The molecule has 0 aliphatic carbocycles. The van der Waals surface area contributed by atoms with Crippen molar-refractivity contribution in [2.75, 3.05) is 6.61 Å². The number of aryl methyl sites for hydroxylation is 3. The number of ketones is 1. The minimum absolute atomic E-state index is 0.00330. The van der Waals surface area contributed by atoms with E-state index in [1.54, 1.807) is 0 Å². The van der Waals surface area contributed by atoms with Gasteiger partial charge in [0.25, 0.3) is 0 Å². The van der Waals surface area contributed by atoms with E-state index in [1.807, 2.05) is 51.1 Å². The van der Waals surface area contributed by atoms with Crippen LogP contribution in [-0.4, -0.2) is 12.4 Å². The standard InChI is InChI=1S/C18H20O2/c1-12-5-7-16(8-6-12)17(19)11-20-18-10-13(2)9-14(3)15(18)4/h5-10H,11H2,1-4H3. The Hall–Kier alpha value is -2.09. The lowest BCUT2D eigenvalue weighted by molar-refractivity contribution is 0.0921. The Morgan fingerprint density at radius 1 is 0.950 bits per heavy atom. The fraction of sp³-hybridized carbons (Fsp3) is 0.278. The topological polar surface area (TPSA) is 26.3 Å². The highest BCUT2D eigenvalue weighted by molar-refractivity contribution is 5.97. The maximum Gasteiger partial charge on any atom is 0.200 e. The van der Waals surface area contributed by atoms with Crippen molar-refractivity contribution >= 4 is 5.78 Å². The molecule has 0 fully saturated rings. The molecule has 20 heavy (non-hydrogen) atoms. The lowest BCUT2D eigenvalue weighted by atomic mass is 10.1. The third-order valence-corrected chi connectivity index (χ3v) is 3.50. The Morgan fingerprint density at radius 2 is 1.60 bits per heavy atom. The van der Waals surface area contributed by atoms with E-state index in [9.17, 15) is 4.79 Å². The predicted molar refractivity (Wildman–Crippen MR) is 81.7 cm³/mol. The number of rotatable bonds is 4. The van der Waals surface area contributed by atoms with Gasteiger partial charge in [0, 0.05) is 5.56 Å². The number of carbonyl (C=O) groups excluding carboxylic acids is 1. The number of benzene rings is 2. The van der Waals surface area contributed by atoms with Crippen LogP contribution < -0.4 is 4.74 Å². The maximum absolute atomic E-state index is 12.1. The number of Topliss-reactive ketones (excluding diaryl/α,β-unsaturated/α-hetero) is 1. The normalized spacial score (nSPS) is 10.4. The highest BCUT2D eigenvalue weighted by Gasteiger charge is 2.09. The van der Waals surface area contributed by atoms with Gasteiger partial charge in [-0.25, -0.2) is 0 Å². The predicted octanol–water partition coefficient (Wildman–Crippen LogP) is 4.18. The average Bonchev–Trinajstić information content (AvgIpc) is 2.41. The summed E-state index contributed by atoms with van der Waals surface area (Å²) in [5.74, 6) is 0.798. The van der Waals surface area contributed by atoms with Crippen molar-refractivity contribution in [3.63, 3.8) is 0 Å². The minimum Gasteiger partial charge on any atom is -0.485 e. The molecule has 0 atom stereocenters. The fourth-order valence-corrected chi connectivity index (χ4v) is 2.12. The van der Waals surface area contributed by atoms with E-state index in [0.717, 1.165) is 22.4 Å². The molecule has 2 aromatic carbocycles. The van der Waals surface area contributed by atoms with Crippen LogP contribution in [0.1, 0.15) is 32.6 Å². The van der Waals surface area contributed by atoms with E-state index in [-0.39, 0.29) is 12.4 Å². The van der Waals surface area contributed by atoms with Gasteiger partial charge >= 0.3 is 0 Å². The van der Waals surface area contributed by atoms with Crippen LogP contribution in [0.25, 0.3) is 0 Å². The lowest BCUT2D eigenvalue weighted by Crippen LogP contribution is -2.12. The van der Waals surface area contributed by atoms with Gasteiger partial charge in [0.2, 0.25) is 0 Å². The van der Waals surface area contributed by atoms with Crippen LogP contribution in [0.3, 0.4) is 0 Å². The molecule has 0 amide bonds. The average molecular weight is 268 g/mol. The van der Waals surface area contributed by atoms with Gasteiger partial charge in [-0.15, -0.1) is 0 Å². The van der Waals surface area contributed by atoms with Gasteiger partial charge < -0.3 is 4.74 Å². The van der Waals surface area contributed by atoms with E-state index in [2.05, 4.69) is 13.0 Å². The summed E-state index contributed by atoms with van der Waals surface area (Å²) in [4.78, 5) is 12.1.